The van der Waals surface area contributed by atoms with Crippen molar-refractivity contribution in [1.82, 2.24) is 0 Å². The Bertz CT molecular complexity index is 677. The summed E-state index contributed by atoms with van der Waals surface area (Å²) in [4.78, 5) is 0. The first-order chi connectivity index (χ1) is 7.43. The highest BCUT2D eigenvalue weighted by molar-refractivity contribution is 7.91. The lowest BCUT2D eigenvalue weighted by Crippen LogP contribution is -2.23. The number of rotatable bonds is 0. The average molecular weight is 236 g/mol. The molecule has 0 saturated carbocycles. The average Bonchev–Trinajstić information content (AvgIpc) is 2.64. The van der Waals surface area contributed by atoms with Crippen LogP contribution >= 0.6 is 0 Å². The molecule has 3 rings (SSSR count). The Morgan fingerprint density at radius 3 is 2.69 bits per heavy atom. The molecule has 16 heavy (non-hydrogen) atoms. The number of fused-ring (bicyclic) bond motifs is 3. The largest absolute Gasteiger partial charge is 0.459 e. The molecule has 1 aromatic heterocycles. The van der Waals surface area contributed by atoms with E-state index in [1.165, 1.54) is 0 Å². The molecular formula is C12H12O3S. The minimum Gasteiger partial charge on any atom is -0.459 e. The third-order valence-electron chi connectivity index (χ3n) is 3.36. The Morgan fingerprint density at radius 1 is 1.25 bits per heavy atom. The molecule has 0 N–H and O–H groups in total. The van der Waals surface area contributed by atoms with E-state index in [1.54, 1.807) is 13.8 Å². The fraction of sp³-hybridized carbons (Fsp3) is 0.333. The van der Waals surface area contributed by atoms with Gasteiger partial charge in [0.25, 0.3) is 0 Å². The molecule has 2 heterocycles. The van der Waals surface area contributed by atoms with Crippen LogP contribution in [0.5, 0.6) is 0 Å². The van der Waals surface area contributed by atoms with Crippen LogP contribution in [0.1, 0.15) is 25.2 Å². The molecule has 0 atom stereocenters. The van der Waals surface area contributed by atoms with Gasteiger partial charge in [0, 0.05) is 10.9 Å². The van der Waals surface area contributed by atoms with E-state index in [-0.39, 0.29) is 5.75 Å². The molecule has 0 radical (unpaired) electrons. The first-order valence-electron chi connectivity index (χ1n) is 5.17. The van der Waals surface area contributed by atoms with Crippen molar-refractivity contribution in [3.05, 3.63) is 35.6 Å². The number of furan rings is 1. The molecule has 0 saturated heterocycles. The van der Waals surface area contributed by atoms with Crippen LogP contribution in [0.15, 0.2) is 28.7 Å². The van der Waals surface area contributed by atoms with E-state index >= 15 is 0 Å². The highest BCUT2D eigenvalue weighted by Crippen LogP contribution is 2.45. The van der Waals surface area contributed by atoms with Crippen molar-refractivity contribution in [2.24, 2.45) is 0 Å². The van der Waals surface area contributed by atoms with Gasteiger partial charge in [-0.05, 0) is 19.9 Å². The second kappa shape index (κ2) is 2.69. The summed E-state index contributed by atoms with van der Waals surface area (Å²) in [6.07, 6.45) is 0. The molecule has 1 aromatic carbocycles. The first-order valence-corrected chi connectivity index (χ1v) is 6.82. The van der Waals surface area contributed by atoms with Gasteiger partial charge in [-0.3, -0.25) is 0 Å². The molecule has 84 valence electrons. The maximum absolute atomic E-state index is 12.0. The summed E-state index contributed by atoms with van der Waals surface area (Å²) in [6.45, 7) is 3.41. The van der Waals surface area contributed by atoms with Crippen LogP contribution < -0.4 is 0 Å². The zero-order valence-corrected chi connectivity index (χ0v) is 9.97. The molecule has 3 nitrogen and oxygen atoms in total. The Morgan fingerprint density at radius 2 is 1.94 bits per heavy atom. The number of hydrogen-bond donors (Lipinski definition) is 0. The Kier molecular flexibility index (Phi) is 1.66. The maximum atomic E-state index is 12.0. The molecule has 4 heteroatoms. The molecule has 0 fully saturated rings. The van der Waals surface area contributed by atoms with Gasteiger partial charge in [0.1, 0.15) is 16.1 Å². The topological polar surface area (TPSA) is 47.3 Å². The van der Waals surface area contributed by atoms with Crippen molar-refractivity contribution < 1.29 is 12.8 Å². The summed E-state index contributed by atoms with van der Waals surface area (Å²) in [6, 6.07) is 7.57. The SMILES string of the molecule is CC1(C)c2oc3ccccc3c2CS1(=O)=O. The molecular weight excluding hydrogens is 224 g/mol. The molecule has 0 spiro atoms. The Labute approximate surface area is 94.0 Å². The van der Waals surface area contributed by atoms with Crippen LogP contribution in [0.2, 0.25) is 0 Å². The Hall–Kier alpha value is -1.29. The number of benzene rings is 1. The summed E-state index contributed by atoms with van der Waals surface area (Å²) >= 11 is 0. The van der Waals surface area contributed by atoms with E-state index in [0.29, 0.717) is 5.76 Å². The van der Waals surface area contributed by atoms with Gasteiger partial charge in [-0.1, -0.05) is 18.2 Å². The summed E-state index contributed by atoms with van der Waals surface area (Å²) < 4.78 is 28.8. The summed E-state index contributed by atoms with van der Waals surface area (Å²) in [5, 5.41) is 0.923. The second-order valence-corrected chi connectivity index (χ2v) is 7.21. The molecule has 0 amide bonds. The molecule has 0 unspecified atom stereocenters. The van der Waals surface area contributed by atoms with Crippen molar-refractivity contribution in [3.8, 4) is 0 Å². The molecule has 2 aromatic rings. The molecule has 1 aliphatic heterocycles. The monoisotopic (exact) mass is 236 g/mol. The van der Waals surface area contributed by atoms with Crippen LogP contribution in [-0.2, 0) is 20.3 Å². The smallest absolute Gasteiger partial charge is 0.167 e. The van der Waals surface area contributed by atoms with Gasteiger partial charge in [-0.2, -0.15) is 0 Å². The predicted molar refractivity (Wildman–Crippen MR) is 61.9 cm³/mol. The van der Waals surface area contributed by atoms with Crippen LogP contribution in [0.25, 0.3) is 11.0 Å². The third kappa shape index (κ3) is 1.00. The number of hydrogen-bond acceptors (Lipinski definition) is 3. The molecule has 1 aliphatic rings. The van der Waals surface area contributed by atoms with Crippen LogP contribution in [0.4, 0.5) is 0 Å². The fourth-order valence-corrected chi connectivity index (χ4v) is 3.71. The first kappa shape index (κ1) is 9.90. The van der Waals surface area contributed by atoms with Gasteiger partial charge in [0.05, 0.1) is 5.75 Å². The third-order valence-corrected chi connectivity index (χ3v) is 5.77. The lowest BCUT2D eigenvalue weighted by atomic mass is 10.1. The van der Waals surface area contributed by atoms with Crippen LogP contribution in [0, 0.1) is 0 Å². The van der Waals surface area contributed by atoms with Gasteiger partial charge in [-0.15, -0.1) is 0 Å². The fourth-order valence-electron chi connectivity index (χ4n) is 2.24. The zero-order valence-electron chi connectivity index (χ0n) is 9.15. The standard InChI is InChI=1S/C12H12O3S/c1-12(2)11-9(7-16(12,13)14)8-5-3-4-6-10(8)15-11/h3-6H,7H2,1-2H3. The lowest BCUT2D eigenvalue weighted by Gasteiger charge is -2.15. The lowest BCUT2D eigenvalue weighted by molar-refractivity contribution is 0.479. The van der Waals surface area contributed by atoms with E-state index < -0.39 is 14.6 Å². The Balaban J connectivity index is 2.43. The number of sulfone groups is 1. The van der Waals surface area contributed by atoms with Crippen molar-refractivity contribution in [2.45, 2.75) is 24.3 Å². The van der Waals surface area contributed by atoms with E-state index in [2.05, 4.69) is 0 Å². The minimum atomic E-state index is -3.13. The van der Waals surface area contributed by atoms with Gasteiger partial charge < -0.3 is 4.42 Å². The molecule has 0 bridgehead atoms. The predicted octanol–water partition coefficient (Wildman–Crippen LogP) is 2.60. The van der Waals surface area contributed by atoms with Gasteiger partial charge in [0.2, 0.25) is 0 Å². The number of para-hydroxylation sites is 1. The van der Waals surface area contributed by atoms with Gasteiger partial charge in [-0.25, -0.2) is 8.42 Å². The van der Waals surface area contributed by atoms with Gasteiger partial charge >= 0.3 is 0 Å². The second-order valence-electron chi connectivity index (χ2n) is 4.68. The minimum absolute atomic E-state index is 0.0896. The van der Waals surface area contributed by atoms with E-state index in [9.17, 15) is 8.42 Å². The maximum Gasteiger partial charge on any atom is 0.167 e. The van der Waals surface area contributed by atoms with Gasteiger partial charge in [0.15, 0.2) is 9.84 Å². The van der Waals surface area contributed by atoms with Crippen LogP contribution in [-0.4, -0.2) is 8.42 Å². The quantitative estimate of drug-likeness (QED) is 0.706. The van der Waals surface area contributed by atoms with Crippen molar-refractivity contribution in [1.29, 1.82) is 0 Å². The van der Waals surface area contributed by atoms with Crippen molar-refractivity contribution in [3.63, 3.8) is 0 Å². The van der Waals surface area contributed by atoms with Crippen LogP contribution in [0.3, 0.4) is 0 Å². The van der Waals surface area contributed by atoms with E-state index in [1.807, 2.05) is 24.3 Å². The molecule has 0 aliphatic carbocycles. The summed E-state index contributed by atoms with van der Waals surface area (Å²) in [7, 11) is -3.13. The zero-order chi connectivity index (χ0) is 11.6. The van der Waals surface area contributed by atoms with E-state index in [0.717, 1.165) is 16.5 Å². The highest BCUT2D eigenvalue weighted by atomic mass is 32.2. The van der Waals surface area contributed by atoms with Crippen molar-refractivity contribution >= 4 is 20.8 Å². The summed E-state index contributed by atoms with van der Waals surface area (Å²) in [5.41, 5.74) is 1.61. The summed E-state index contributed by atoms with van der Waals surface area (Å²) in [5.74, 6) is 0.695. The normalized spacial score (nSPS) is 21.1. The van der Waals surface area contributed by atoms with E-state index in [4.69, 9.17) is 4.42 Å². The van der Waals surface area contributed by atoms with Crippen molar-refractivity contribution in [2.75, 3.05) is 0 Å². The highest BCUT2D eigenvalue weighted by Gasteiger charge is 2.48.